The van der Waals surface area contributed by atoms with Gasteiger partial charge < -0.3 is 120 Å². The molecule has 0 aliphatic carbocycles. The number of phenols is 3. The number of hydrogen-bond donors (Lipinski definition) is 17. The van der Waals surface area contributed by atoms with E-state index in [0.29, 0.717) is 0 Å². The van der Waals surface area contributed by atoms with Crippen molar-refractivity contribution in [1.29, 1.82) is 0 Å². The van der Waals surface area contributed by atoms with Crippen LogP contribution in [0.3, 0.4) is 0 Å². The van der Waals surface area contributed by atoms with E-state index in [2.05, 4.69) is 0 Å². The lowest BCUT2D eigenvalue weighted by molar-refractivity contribution is -0.343. The van der Waals surface area contributed by atoms with Crippen molar-refractivity contribution in [3.8, 4) is 28.6 Å². The van der Waals surface area contributed by atoms with Crippen LogP contribution in [0.4, 0.5) is 0 Å². The van der Waals surface area contributed by atoms with Gasteiger partial charge in [-0.15, -0.1) is 0 Å². The minimum atomic E-state index is -2.22. The second-order valence-electron chi connectivity index (χ2n) is 15.9. The summed E-state index contributed by atoms with van der Waals surface area (Å²) >= 11 is 0. The summed E-state index contributed by atoms with van der Waals surface area (Å²) in [6.45, 7) is -3.97. The zero-order valence-corrected chi connectivity index (χ0v) is 33.1. The predicted molar refractivity (Wildman–Crippen MR) is 204 cm³/mol. The van der Waals surface area contributed by atoms with Gasteiger partial charge in [-0.1, -0.05) is 0 Å². The molecule has 356 valence electrons. The number of ether oxygens (including phenoxy) is 6. The Bertz CT molecular complexity index is 2130. The van der Waals surface area contributed by atoms with E-state index in [1.54, 1.807) is 0 Å². The highest BCUT2D eigenvalue weighted by atomic mass is 16.7. The van der Waals surface area contributed by atoms with E-state index in [0.717, 1.165) is 6.07 Å². The quantitative estimate of drug-likeness (QED) is 0.0850. The second-order valence-corrected chi connectivity index (χ2v) is 15.9. The molecule has 4 fully saturated rings. The van der Waals surface area contributed by atoms with Crippen LogP contribution in [0.25, 0.3) is 22.3 Å². The van der Waals surface area contributed by atoms with Gasteiger partial charge in [-0.2, -0.15) is 0 Å². The Labute approximate surface area is 359 Å². The molecule has 2 aromatic carbocycles. The Morgan fingerprint density at radius 3 is 1.33 bits per heavy atom. The summed E-state index contributed by atoms with van der Waals surface area (Å²) in [4.78, 5) is 14.3. The molecule has 0 unspecified atom stereocenters. The van der Waals surface area contributed by atoms with Crippen molar-refractivity contribution in [1.82, 2.24) is 0 Å². The number of phenolic OH excluding ortho intramolecular Hbond substituents is 3. The summed E-state index contributed by atoms with van der Waals surface area (Å²) in [5.41, 5.74) is -3.44. The molecule has 0 radical (unpaired) electrons. The predicted octanol–water partition coefficient (Wildman–Crippen LogP) is -6.74. The molecule has 4 saturated heterocycles. The molecular weight excluding hydrogens is 868 g/mol. The van der Waals surface area contributed by atoms with E-state index in [4.69, 9.17) is 32.8 Å². The van der Waals surface area contributed by atoms with Crippen molar-refractivity contribution in [2.75, 3.05) is 26.4 Å². The van der Waals surface area contributed by atoms with Gasteiger partial charge in [-0.25, -0.2) is 0 Å². The zero-order chi connectivity index (χ0) is 46.6. The number of fused-ring (bicyclic) bond motifs is 1. The van der Waals surface area contributed by atoms with Crippen LogP contribution in [0, 0.1) is 0 Å². The zero-order valence-electron chi connectivity index (χ0n) is 33.1. The van der Waals surface area contributed by atoms with Crippen molar-refractivity contribution < 1.29 is 120 Å². The number of benzene rings is 2. The number of aromatic hydroxyl groups is 3. The number of rotatable bonds is 11. The molecule has 64 heavy (non-hydrogen) atoms. The van der Waals surface area contributed by atoms with Gasteiger partial charge in [-0.05, 0) is 24.3 Å². The molecule has 4 aliphatic heterocycles. The summed E-state index contributed by atoms with van der Waals surface area (Å²) in [7, 11) is 0. The van der Waals surface area contributed by atoms with Gasteiger partial charge in [0.05, 0.1) is 37.6 Å². The Morgan fingerprint density at radius 1 is 0.484 bits per heavy atom. The molecule has 7 rings (SSSR count). The van der Waals surface area contributed by atoms with Crippen LogP contribution in [0.5, 0.6) is 17.2 Å². The Balaban J connectivity index is 1.46. The van der Waals surface area contributed by atoms with Gasteiger partial charge in [0.2, 0.25) is 0 Å². The van der Waals surface area contributed by atoms with E-state index < -0.39 is 188 Å². The molecule has 1 aromatic heterocycles. The lowest BCUT2D eigenvalue weighted by Gasteiger charge is -2.47. The topological polar surface area (TPSA) is 430 Å². The summed E-state index contributed by atoms with van der Waals surface area (Å²) in [6, 6.07) is 5.95. The van der Waals surface area contributed by atoms with Crippen LogP contribution in [0.1, 0.15) is 23.3 Å². The number of hydrogen-bond acceptors (Lipinski definition) is 25. The monoisotopic (exact) mass is 918 g/mol. The van der Waals surface area contributed by atoms with Crippen LogP contribution in [-0.2, 0) is 28.4 Å². The highest BCUT2D eigenvalue weighted by Gasteiger charge is 2.55. The first-order valence-electron chi connectivity index (χ1n) is 19.9. The maximum atomic E-state index is 14.3. The molecule has 20 atom stereocenters. The van der Waals surface area contributed by atoms with Crippen LogP contribution in [-0.4, -0.2) is 223 Å². The molecule has 25 nitrogen and oxygen atoms in total. The van der Waals surface area contributed by atoms with E-state index in [9.17, 15) is 91.6 Å². The second kappa shape index (κ2) is 19.2. The van der Waals surface area contributed by atoms with Crippen LogP contribution >= 0.6 is 0 Å². The maximum absolute atomic E-state index is 14.3. The maximum Gasteiger partial charge on any atom is 0.197 e. The average Bonchev–Trinajstić information content (AvgIpc) is 3.27. The Hall–Kier alpha value is -3.75. The third-order valence-corrected chi connectivity index (χ3v) is 11.9. The van der Waals surface area contributed by atoms with Gasteiger partial charge in [0.25, 0.3) is 0 Å². The summed E-state index contributed by atoms with van der Waals surface area (Å²) in [6.07, 6.45) is -40.2. The van der Waals surface area contributed by atoms with Crippen molar-refractivity contribution >= 4 is 11.0 Å². The largest absolute Gasteiger partial charge is 0.508 e. The average molecular weight is 919 g/mol. The first kappa shape index (κ1) is 48.2. The minimum absolute atomic E-state index is 0.125. The first-order chi connectivity index (χ1) is 30.4. The van der Waals surface area contributed by atoms with Gasteiger partial charge in [0.15, 0.2) is 23.6 Å². The van der Waals surface area contributed by atoms with Crippen molar-refractivity contribution in [3.63, 3.8) is 0 Å². The van der Waals surface area contributed by atoms with Crippen molar-refractivity contribution in [2.24, 2.45) is 0 Å². The van der Waals surface area contributed by atoms with Gasteiger partial charge in [0, 0.05) is 11.6 Å². The fraction of sp³-hybridized carbons (Fsp3) is 0.615. The summed E-state index contributed by atoms with van der Waals surface area (Å²) in [5.74, 6) is -2.89. The van der Waals surface area contributed by atoms with Crippen molar-refractivity contribution in [3.05, 3.63) is 51.7 Å². The summed E-state index contributed by atoms with van der Waals surface area (Å²) < 4.78 is 40.6. The first-order valence-corrected chi connectivity index (χ1v) is 19.9. The molecule has 17 N–H and O–H groups in total. The normalized spacial score (nSPS) is 40.7. The summed E-state index contributed by atoms with van der Waals surface area (Å²) in [5, 5.41) is 182. The molecular formula is C39H50O25. The highest BCUT2D eigenvalue weighted by Crippen LogP contribution is 2.52. The van der Waals surface area contributed by atoms with Crippen LogP contribution in [0.15, 0.2) is 39.5 Å². The molecule has 0 amide bonds. The Kier molecular flexibility index (Phi) is 14.5. The van der Waals surface area contributed by atoms with Gasteiger partial charge in [0.1, 0.15) is 138 Å². The van der Waals surface area contributed by atoms with E-state index >= 15 is 0 Å². The lowest BCUT2D eigenvalue weighted by atomic mass is 9.84. The lowest BCUT2D eigenvalue weighted by Crippen LogP contribution is -2.63. The molecule has 0 bridgehead atoms. The van der Waals surface area contributed by atoms with Crippen LogP contribution in [0.2, 0.25) is 0 Å². The molecule has 5 heterocycles. The molecule has 4 aliphatic rings. The van der Waals surface area contributed by atoms with E-state index in [1.807, 2.05) is 0 Å². The third-order valence-electron chi connectivity index (χ3n) is 11.9. The number of aliphatic hydroxyl groups excluding tert-OH is 14. The number of aliphatic hydroxyl groups is 14. The fourth-order valence-corrected chi connectivity index (χ4v) is 8.33. The van der Waals surface area contributed by atoms with E-state index in [1.165, 1.54) is 24.3 Å². The fourth-order valence-electron chi connectivity index (χ4n) is 8.33. The SMILES string of the molecule is O=c1cc(-c2ccc(O)cc2)oc2c([C@@H]3O[C@H](CO)[C@@H](O)[C@H](O)[C@H]3O[C@@H]3O[C@H](CO)[C@@H](O)[C@H](O)[C@H]3O)c(O)c([C@@H]3O[C@H](CO)[C@@H](O)[C@H](O)[C@H]3O[C@@H]3O[C@H](CO)[C@@H](O)[C@H](O)[C@H]3O)c(O)c12. The minimum Gasteiger partial charge on any atom is -0.508 e. The third kappa shape index (κ3) is 8.46. The van der Waals surface area contributed by atoms with E-state index in [-0.39, 0.29) is 17.1 Å². The van der Waals surface area contributed by atoms with Crippen LogP contribution < -0.4 is 5.43 Å². The standard InChI is InChI=1S/C39H50O25/c40-6-14-23(48)29(54)36(63-38-31(56)27(52)21(46)16(8-42)61-38)34(59-14)19-25(50)18-12(45)5-13(10-1-3-11(44)4-2-10)58-33(18)20(26(19)51)35-37(30(55)24(49)15(7-41)60-35)64-39-32(57)28(53)22(47)17(9-43)62-39/h1-5,14-17,21-24,27-32,34-44,46-57H,6-9H2/t14-,15-,16-,17-,21-,22-,23-,24-,27+,28+,29+,30+,31-,32-,34+,35+,36-,37-,38+,39+/m1/s1. The molecule has 25 heteroatoms. The Morgan fingerprint density at radius 2 is 0.891 bits per heavy atom. The molecule has 3 aromatic rings. The molecule has 0 spiro atoms. The van der Waals surface area contributed by atoms with Gasteiger partial charge >= 0.3 is 0 Å². The molecule has 0 saturated carbocycles. The van der Waals surface area contributed by atoms with Gasteiger partial charge in [-0.3, -0.25) is 4.79 Å². The van der Waals surface area contributed by atoms with Crippen molar-refractivity contribution in [2.45, 2.75) is 122 Å². The smallest absolute Gasteiger partial charge is 0.197 e. The highest BCUT2D eigenvalue weighted by molar-refractivity contribution is 5.92.